The van der Waals surface area contributed by atoms with Gasteiger partial charge in [-0.2, -0.15) is 15.0 Å². The Morgan fingerprint density at radius 1 is 1.19 bits per heavy atom. The molecular formula is C13H14N10O4. The number of nitrogens with zero attached hydrogens (tertiary/aromatic N) is 7. The Kier molecular flexibility index (Phi) is 4.37. The molecule has 0 saturated heterocycles. The lowest BCUT2D eigenvalue weighted by Gasteiger charge is -2.08. The van der Waals surface area contributed by atoms with Crippen molar-refractivity contribution in [3.8, 4) is 0 Å². The Labute approximate surface area is 149 Å². The summed E-state index contributed by atoms with van der Waals surface area (Å²) in [6.07, 6.45) is 1.62. The highest BCUT2D eigenvalue weighted by molar-refractivity contribution is 5.90. The molecule has 0 radical (unpaired) electrons. The van der Waals surface area contributed by atoms with Gasteiger partial charge in [0.25, 0.3) is 5.56 Å². The summed E-state index contributed by atoms with van der Waals surface area (Å²) in [6.45, 7) is -0.300. The zero-order valence-corrected chi connectivity index (χ0v) is 14.2. The number of anilines is 3. The Hall–Kier alpha value is -4.10. The van der Waals surface area contributed by atoms with Crippen molar-refractivity contribution < 1.29 is 9.59 Å². The minimum Gasteiger partial charge on any atom is -0.368 e. The zero-order chi connectivity index (χ0) is 19.7. The molecule has 0 aliphatic carbocycles. The van der Waals surface area contributed by atoms with E-state index in [1.165, 1.54) is 29.6 Å². The predicted molar refractivity (Wildman–Crippen MR) is 92.8 cm³/mol. The van der Waals surface area contributed by atoms with Crippen LogP contribution in [0.3, 0.4) is 0 Å². The summed E-state index contributed by atoms with van der Waals surface area (Å²) in [5, 5.41) is 4.57. The Morgan fingerprint density at radius 2 is 1.89 bits per heavy atom. The molecule has 14 heteroatoms. The number of hydrogen-bond acceptors (Lipinski definition) is 9. The normalized spacial score (nSPS) is 10.7. The van der Waals surface area contributed by atoms with Crippen molar-refractivity contribution in [1.82, 2.24) is 33.6 Å². The van der Waals surface area contributed by atoms with Crippen LogP contribution in [0.1, 0.15) is 0 Å². The topological polar surface area (TPSA) is 185 Å². The highest BCUT2D eigenvalue weighted by Gasteiger charge is 2.16. The van der Waals surface area contributed by atoms with E-state index in [1.807, 2.05) is 0 Å². The molecule has 0 aliphatic heterocycles. The van der Waals surface area contributed by atoms with Gasteiger partial charge < -0.3 is 10.3 Å². The van der Waals surface area contributed by atoms with Crippen molar-refractivity contribution >= 4 is 41.3 Å². The van der Waals surface area contributed by atoms with Crippen molar-refractivity contribution in [1.29, 1.82) is 0 Å². The zero-order valence-electron chi connectivity index (χ0n) is 14.2. The quantitative estimate of drug-likeness (QED) is 0.403. The molecule has 0 aliphatic rings. The van der Waals surface area contributed by atoms with Crippen molar-refractivity contribution in [2.75, 3.05) is 16.4 Å². The number of fused-ring (bicyclic) bond motifs is 1. The van der Waals surface area contributed by atoms with Crippen LogP contribution >= 0.6 is 0 Å². The number of hydrogen-bond donors (Lipinski definition) is 3. The first kappa shape index (κ1) is 17.7. The van der Waals surface area contributed by atoms with Crippen molar-refractivity contribution in [2.45, 2.75) is 6.54 Å². The van der Waals surface area contributed by atoms with E-state index in [4.69, 9.17) is 5.73 Å². The van der Waals surface area contributed by atoms with E-state index in [0.29, 0.717) is 6.41 Å². The van der Waals surface area contributed by atoms with Gasteiger partial charge in [-0.05, 0) is 0 Å². The second-order valence-electron chi connectivity index (χ2n) is 5.40. The van der Waals surface area contributed by atoms with E-state index in [1.54, 1.807) is 0 Å². The summed E-state index contributed by atoms with van der Waals surface area (Å²) in [4.78, 5) is 62.2. The predicted octanol–water partition coefficient (Wildman–Crippen LogP) is -2.59. The average molecular weight is 374 g/mol. The first-order valence-corrected chi connectivity index (χ1v) is 7.44. The monoisotopic (exact) mass is 374 g/mol. The highest BCUT2D eigenvalue weighted by Crippen LogP contribution is 2.08. The van der Waals surface area contributed by atoms with Gasteiger partial charge in [-0.25, -0.2) is 9.78 Å². The number of amides is 2. The van der Waals surface area contributed by atoms with E-state index >= 15 is 0 Å². The van der Waals surface area contributed by atoms with Crippen LogP contribution in [0.15, 0.2) is 15.9 Å². The second-order valence-corrected chi connectivity index (χ2v) is 5.40. The van der Waals surface area contributed by atoms with Gasteiger partial charge in [-0.1, -0.05) is 0 Å². The van der Waals surface area contributed by atoms with Gasteiger partial charge >= 0.3 is 5.69 Å². The largest absolute Gasteiger partial charge is 0.368 e. The highest BCUT2D eigenvalue weighted by atomic mass is 16.2. The maximum atomic E-state index is 12.4. The average Bonchev–Trinajstić information content (AvgIpc) is 3.01. The molecule has 0 saturated carbocycles. The molecule has 3 aromatic heterocycles. The molecule has 3 aromatic rings. The lowest BCUT2D eigenvalue weighted by molar-refractivity contribution is -0.116. The minimum atomic E-state index is -0.590. The molecule has 3 heterocycles. The third kappa shape index (κ3) is 3.22. The van der Waals surface area contributed by atoms with Crippen LogP contribution in [0.5, 0.6) is 0 Å². The standard InChI is InChI=1S/C13H14N10O4/c1-21-8-7(9(26)22(2)13(21)27)23(4-15-8)3-6(25)17-12-19-10(14)18-11(20-12)16-5-24/h4-5H,3H2,1-2H3,(H4,14,16,17,18,19,20,24,25). The van der Waals surface area contributed by atoms with Gasteiger partial charge in [0.05, 0.1) is 6.33 Å². The SMILES string of the molecule is Cn1c(=O)c2c(ncn2CC(=O)Nc2nc(N)nc(NC=O)n2)n(C)c1=O. The second kappa shape index (κ2) is 6.66. The molecule has 0 unspecified atom stereocenters. The van der Waals surface area contributed by atoms with E-state index in [0.717, 1.165) is 4.57 Å². The lowest BCUT2D eigenvalue weighted by atomic mass is 10.4. The molecule has 0 aromatic carbocycles. The van der Waals surface area contributed by atoms with Crippen molar-refractivity contribution in [3.05, 3.63) is 27.2 Å². The van der Waals surface area contributed by atoms with Crippen molar-refractivity contribution in [3.63, 3.8) is 0 Å². The Balaban J connectivity index is 1.90. The van der Waals surface area contributed by atoms with E-state index in [-0.39, 0.29) is 35.6 Å². The van der Waals surface area contributed by atoms with E-state index in [2.05, 4.69) is 30.6 Å². The summed E-state index contributed by atoms with van der Waals surface area (Å²) in [7, 11) is 2.80. The third-order valence-corrected chi connectivity index (χ3v) is 3.62. The number of nitrogens with two attached hydrogens (primary N) is 1. The lowest BCUT2D eigenvalue weighted by Crippen LogP contribution is -2.37. The molecule has 0 bridgehead atoms. The van der Waals surface area contributed by atoms with Crippen LogP contribution in [0.2, 0.25) is 0 Å². The summed E-state index contributed by atoms with van der Waals surface area (Å²) in [6, 6.07) is 0. The summed E-state index contributed by atoms with van der Waals surface area (Å²) >= 11 is 0. The van der Waals surface area contributed by atoms with Crippen molar-refractivity contribution in [2.24, 2.45) is 14.1 Å². The maximum Gasteiger partial charge on any atom is 0.332 e. The van der Waals surface area contributed by atoms with Crippen LogP contribution in [-0.2, 0) is 30.2 Å². The fraction of sp³-hybridized carbons (Fsp3) is 0.231. The Bertz CT molecular complexity index is 1170. The molecule has 27 heavy (non-hydrogen) atoms. The first-order valence-electron chi connectivity index (χ1n) is 7.44. The Morgan fingerprint density at radius 3 is 2.59 bits per heavy atom. The van der Waals surface area contributed by atoms with E-state index < -0.39 is 17.2 Å². The summed E-state index contributed by atoms with van der Waals surface area (Å²) in [5.74, 6) is -1.11. The van der Waals surface area contributed by atoms with Crippen LogP contribution < -0.4 is 27.6 Å². The minimum absolute atomic E-state index is 0.0909. The summed E-state index contributed by atoms with van der Waals surface area (Å²) in [5.41, 5.74) is 4.61. The molecule has 2 amide bonds. The van der Waals surface area contributed by atoms with Crippen LogP contribution in [0, 0.1) is 0 Å². The van der Waals surface area contributed by atoms with Gasteiger partial charge in [0.2, 0.25) is 30.2 Å². The molecular weight excluding hydrogens is 360 g/mol. The fourth-order valence-electron chi connectivity index (χ4n) is 2.40. The van der Waals surface area contributed by atoms with Crippen LogP contribution in [0.4, 0.5) is 17.8 Å². The van der Waals surface area contributed by atoms with Crippen LogP contribution in [0.25, 0.3) is 11.2 Å². The molecule has 0 spiro atoms. The van der Waals surface area contributed by atoms with Gasteiger partial charge in [0, 0.05) is 14.1 Å². The number of aryl methyl sites for hydroxylation is 1. The van der Waals surface area contributed by atoms with Gasteiger partial charge in [0.15, 0.2) is 11.2 Å². The first-order chi connectivity index (χ1) is 12.8. The molecule has 14 nitrogen and oxygen atoms in total. The molecule has 3 rings (SSSR count). The number of nitrogens with one attached hydrogen (secondary N) is 2. The van der Waals surface area contributed by atoms with E-state index in [9.17, 15) is 19.2 Å². The molecule has 0 atom stereocenters. The van der Waals surface area contributed by atoms with Crippen LogP contribution in [-0.4, -0.2) is 46.0 Å². The number of imidazole rings is 1. The number of carbonyl (C=O) groups excluding carboxylic acids is 2. The molecule has 4 N–H and O–H groups in total. The van der Waals surface area contributed by atoms with Gasteiger partial charge in [-0.3, -0.25) is 34.2 Å². The van der Waals surface area contributed by atoms with Gasteiger partial charge in [-0.15, -0.1) is 0 Å². The molecule has 140 valence electrons. The number of carbonyl (C=O) groups is 2. The third-order valence-electron chi connectivity index (χ3n) is 3.62. The fourth-order valence-corrected chi connectivity index (χ4v) is 2.40. The molecule has 0 fully saturated rings. The maximum absolute atomic E-state index is 12.4. The summed E-state index contributed by atoms with van der Waals surface area (Å²) < 4.78 is 3.42. The van der Waals surface area contributed by atoms with Gasteiger partial charge in [0.1, 0.15) is 6.54 Å². The number of aromatic nitrogens is 7. The number of rotatable bonds is 5. The smallest absolute Gasteiger partial charge is 0.332 e. The number of nitrogen functional groups attached to an aromatic ring is 1.